The van der Waals surface area contributed by atoms with Crippen molar-refractivity contribution < 1.29 is 0 Å². The molecule has 0 bridgehead atoms. The Bertz CT molecular complexity index is 1250. The van der Waals surface area contributed by atoms with E-state index in [-0.39, 0.29) is 0 Å². The topological polar surface area (TPSA) is 0 Å². The van der Waals surface area contributed by atoms with E-state index in [0.29, 0.717) is 0 Å². The first-order valence-corrected chi connectivity index (χ1v) is 11.3. The molecule has 144 valence electrons. The molecule has 4 aromatic rings. The molecule has 0 radical (unpaired) electrons. The summed E-state index contributed by atoms with van der Waals surface area (Å²) in [6, 6.07) is 19.0. The van der Waals surface area contributed by atoms with Gasteiger partial charge in [-0.1, -0.05) is 53.0 Å². The van der Waals surface area contributed by atoms with E-state index in [9.17, 15) is 0 Å². The fourth-order valence-electron chi connectivity index (χ4n) is 5.86. The van der Waals surface area contributed by atoms with E-state index in [1.54, 1.807) is 0 Å². The van der Waals surface area contributed by atoms with Crippen molar-refractivity contribution in [1.29, 1.82) is 0 Å². The third kappa shape index (κ3) is 2.20. The van der Waals surface area contributed by atoms with E-state index in [1.807, 2.05) is 18.2 Å². The lowest BCUT2D eigenvalue weighted by molar-refractivity contribution is 1.21. The number of benzene rings is 4. The minimum absolute atomic E-state index is 0.803. The molecule has 4 aromatic carbocycles. The van der Waals surface area contributed by atoms with Crippen LogP contribution in [0, 0.1) is 0 Å². The van der Waals surface area contributed by atoms with Crippen molar-refractivity contribution in [1.82, 2.24) is 0 Å². The molecular weight excluding hydrogens is 431 g/mol. The van der Waals surface area contributed by atoms with Crippen LogP contribution >= 0.6 is 34.8 Å². The first-order chi connectivity index (χ1) is 14.6. The summed E-state index contributed by atoms with van der Waals surface area (Å²) in [5.41, 5.74) is 16.5. The number of hydrogen-bond donors (Lipinski definition) is 0. The fourth-order valence-corrected chi connectivity index (χ4v) is 6.44. The molecule has 0 nitrogen and oxygen atoms in total. The second-order valence-corrected chi connectivity index (χ2v) is 9.80. The molecule has 0 fully saturated rings. The minimum atomic E-state index is 0.803. The Morgan fingerprint density at radius 3 is 1.03 bits per heavy atom. The van der Waals surface area contributed by atoms with E-state index in [0.717, 1.165) is 34.3 Å². The summed E-state index contributed by atoms with van der Waals surface area (Å²) in [6.45, 7) is 0. The zero-order chi connectivity index (χ0) is 20.1. The van der Waals surface area contributed by atoms with E-state index < -0.39 is 0 Å². The molecule has 0 heterocycles. The SMILES string of the molecule is Clc1ccc2c(c1)Cc1c-2c2c(c3c1-c1ccc(Cl)cc1C3)-c1ccc(Cl)cc1C2. The number of hydrogen-bond acceptors (Lipinski definition) is 0. The average molecular weight is 446 g/mol. The van der Waals surface area contributed by atoms with Crippen LogP contribution in [0.25, 0.3) is 33.4 Å². The monoisotopic (exact) mass is 444 g/mol. The second kappa shape index (κ2) is 5.92. The van der Waals surface area contributed by atoms with Crippen molar-refractivity contribution in [3.05, 3.63) is 103 Å². The molecule has 3 heteroatoms. The molecular formula is C27H15Cl3. The van der Waals surface area contributed by atoms with Crippen LogP contribution in [-0.2, 0) is 19.3 Å². The van der Waals surface area contributed by atoms with Gasteiger partial charge < -0.3 is 0 Å². The molecule has 3 aliphatic rings. The maximum Gasteiger partial charge on any atom is 0.0409 e. The zero-order valence-corrected chi connectivity index (χ0v) is 18.2. The summed E-state index contributed by atoms with van der Waals surface area (Å²) in [5.74, 6) is 0. The van der Waals surface area contributed by atoms with Gasteiger partial charge in [0.2, 0.25) is 0 Å². The average Bonchev–Trinajstić information content (AvgIpc) is 3.36. The number of halogens is 3. The van der Waals surface area contributed by atoms with Crippen LogP contribution < -0.4 is 0 Å². The van der Waals surface area contributed by atoms with Gasteiger partial charge in [0.15, 0.2) is 0 Å². The third-order valence-electron chi connectivity index (χ3n) is 6.92. The summed E-state index contributed by atoms with van der Waals surface area (Å²) in [5, 5.41) is 2.41. The Kier molecular flexibility index (Phi) is 3.44. The standard InChI is InChI=1S/C27H15Cl3/c28-16-1-4-19-13(7-16)10-22-25(19)23-11-14-8-17(29)2-5-20(14)27(23)24-12-15-9-18(30)3-6-21(15)26(22)24/h1-9H,10-12H2. The summed E-state index contributed by atoms with van der Waals surface area (Å²) in [4.78, 5) is 0. The number of fused-ring (bicyclic) bond motifs is 12. The van der Waals surface area contributed by atoms with Crippen molar-refractivity contribution in [2.75, 3.05) is 0 Å². The van der Waals surface area contributed by atoms with Gasteiger partial charge in [-0.2, -0.15) is 0 Å². The first kappa shape index (κ1) is 17.4. The van der Waals surface area contributed by atoms with Gasteiger partial charge >= 0.3 is 0 Å². The molecule has 0 saturated heterocycles. The molecule has 30 heavy (non-hydrogen) atoms. The van der Waals surface area contributed by atoms with Crippen molar-refractivity contribution in [3.8, 4) is 33.4 Å². The Labute approximate surface area is 190 Å². The first-order valence-electron chi connectivity index (χ1n) is 10.2. The lowest BCUT2D eigenvalue weighted by Gasteiger charge is -2.17. The van der Waals surface area contributed by atoms with Gasteiger partial charge in [0.05, 0.1) is 0 Å². The second-order valence-electron chi connectivity index (χ2n) is 8.50. The molecule has 0 amide bonds. The fraction of sp³-hybridized carbons (Fsp3) is 0.111. The largest absolute Gasteiger partial charge is 0.0843 e. The highest BCUT2D eigenvalue weighted by atomic mass is 35.5. The summed E-state index contributed by atoms with van der Waals surface area (Å²) < 4.78 is 0. The van der Waals surface area contributed by atoms with Crippen molar-refractivity contribution >= 4 is 34.8 Å². The molecule has 0 spiro atoms. The van der Waals surface area contributed by atoms with Crippen LogP contribution in [0.1, 0.15) is 33.4 Å². The molecule has 0 N–H and O–H groups in total. The van der Waals surface area contributed by atoms with E-state index >= 15 is 0 Å². The minimum Gasteiger partial charge on any atom is -0.0843 e. The molecule has 0 atom stereocenters. The normalized spacial score (nSPS) is 14.1. The predicted molar refractivity (Wildman–Crippen MR) is 126 cm³/mol. The highest BCUT2D eigenvalue weighted by Crippen LogP contribution is 2.56. The molecule has 0 aliphatic heterocycles. The van der Waals surface area contributed by atoms with Gasteiger partial charge in [0, 0.05) is 15.1 Å². The summed E-state index contributed by atoms with van der Waals surface area (Å²) in [7, 11) is 0. The molecule has 0 saturated carbocycles. The maximum atomic E-state index is 6.36. The molecule has 0 aromatic heterocycles. The van der Waals surface area contributed by atoms with Gasteiger partial charge in [-0.3, -0.25) is 0 Å². The van der Waals surface area contributed by atoms with E-state index in [2.05, 4.69) is 36.4 Å². The highest BCUT2D eigenvalue weighted by Gasteiger charge is 2.37. The third-order valence-corrected chi connectivity index (χ3v) is 7.63. The van der Waals surface area contributed by atoms with Crippen LogP contribution in [0.15, 0.2) is 54.6 Å². The van der Waals surface area contributed by atoms with E-state index in [4.69, 9.17) is 34.8 Å². The quantitative estimate of drug-likeness (QED) is 0.220. The van der Waals surface area contributed by atoms with E-state index in [1.165, 1.54) is 66.8 Å². The Hall–Kier alpha value is -2.25. The van der Waals surface area contributed by atoms with Gasteiger partial charge in [-0.15, -0.1) is 0 Å². The van der Waals surface area contributed by atoms with Gasteiger partial charge in [-0.05, 0) is 122 Å². The zero-order valence-electron chi connectivity index (χ0n) is 16.0. The summed E-state index contributed by atoms with van der Waals surface area (Å²) >= 11 is 19.1. The summed E-state index contributed by atoms with van der Waals surface area (Å²) in [6.07, 6.45) is 2.79. The van der Waals surface area contributed by atoms with Crippen molar-refractivity contribution in [3.63, 3.8) is 0 Å². The van der Waals surface area contributed by atoms with Crippen LogP contribution in [0.4, 0.5) is 0 Å². The van der Waals surface area contributed by atoms with Crippen LogP contribution in [0.2, 0.25) is 15.1 Å². The Morgan fingerprint density at radius 1 is 0.433 bits per heavy atom. The number of rotatable bonds is 0. The van der Waals surface area contributed by atoms with Crippen molar-refractivity contribution in [2.24, 2.45) is 0 Å². The van der Waals surface area contributed by atoms with Gasteiger partial charge in [-0.25, -0.2) is 0 Å². The lowest BCUT2D eigenvalue weighted by Crippen LogP contribution is -1.96. The van der Waals surface area contributed by atoms with Crippen molar-refractivity contribution in [2.45, 2.75) is 19.3 Å². The van der Waals surface area contributed by atoms with Crippen LogP contribution in [0.5, 0.6) is 0 Å². The molecule has 3 aliphatic carbocycles. The Morgan fingerprint density at radius 2 is 0.733 bits per heavy atom. The van der Waals surface area contributed by atoms with Crippen LogP contribution in [-0.4, -0.2) is 0 Å². The molecule has 7 rings (SSSR count). The van der Waals surface area contributed by atoms with Crippen LogP contribution in [0.3, 0.4) is 0 Å². The smallest absolute Gasteiger partial charge is 0.0409 e. The maximum absolute atomic E-state index is 6.36. The molecule has 0 unspecified atom stereocenters. The van der Waals surface area contributed by atoms with Gasteiger partial charge in [0.25, 0.3) is 0 Å². The van der Waals surface area contributed by atoms with Gasteiger partial charge in [0.1, 0.15) is 0 Å². The highest BCUT2D eigenvalue weighted by molar-refractivity contribution is 6.31. The predicted octanol–water partition coefficient (Wildman–Crippen LogP) is 8.36. The Balaban J connectivity index is 1.61. The lowest BCUT2D eigenvalue weighted by atomic mass is 9.86.